The number of hydrogen-bond acceptors (Lipinski definition) is 8. The third-order valence-corrected chi connectivity index (χ3v) is 6.32. The first kappa shape index (κ1) is 26.4. The Morgan fingerprint density at radius 2 is 1.85 bits per heavy atom. The second kappa shape index (κ2) is 11.7. The van der Waals surface area contributed by atoms with Gasteiger partial charge in [0.1, 0.15) is 5.82 Å². The van der Waals surface area contributed by atoms with E-state index in [4.69, 9.17) is 19.6 Å². The highest BCUT2D eigenvalue weighted by Crippen LogP contribution is 2.35. The molecule has 0 atom stereocenters. The highest BCUT2D eigenvalue weighted by Gasteiger charge is 2.40. The maximum atomic E-state index is 13.6. The molecule has 2 aromatic carbocycles. The summed E-state index contributed by atoms with van der Waals surface area (Å²) in [5.74, 6) is 0.197. The second-order valence-corrected chi connectivity index (χ2v) is 9.45. The van der Waals surface area contributed by atoms with Gasteiger partial charge in [-0.3, -0.25) is 4.79 Å². The van der Waals surface area contributed by atoms with Gasteiger partial charge in [0.25, 0.3) is 0 Å². The van der Waals surface area contributed by atoms with Crippen LogP contribution in [0.15, 0.2) is 66.9 Å². The number of halogens is 1. The number of H-pyrrole nitrogens is 1. The third-order valence-electron chi connectivity index (χ3n) is 6.32. The highest BCUT2D eigenvalue weighted by molar-refractivity contribution is 5.82. The zero-order valence-corrected chi connectivity index (χ0v) is 21.4. The topological polar surface area (TPSA) is 134 Å². The Bertz CT molecular complexity index is 1410. The Morgan fingerprint density at radius 3 is 2.56 bits per heavy atom. The summed E-state index contributed by atoms with van der Waals surface area (Å²) in [4.78, 5) is 29.6. The van der Waals surface area contributed by atoms with Gasteiger partial charge in [-0.05, 0) is 42.8 Å². The maximum Gasteiger partial charge on any atom is 0.230 e. The molecule has 11 heteroatoms. The second-order valence-electron chi connectivity index (χ2n) is 9.45. The van der Waals surface area contributed by atoms with Gasteiger partial charge in [-0.15, -0.1) is 0 Å². The van der Waals surface area contributed by atoms with Crippen LogP contribution in [0.3, 0.4) is 0 Å². The Balaban J connectivity index is 1.35. The molecule has 4 N–H and O–H groups in total. The predicted octanol–water partition coefficient (Wildman–Crippen LogP) is 3.45. The average Bonchev–Trinajstić information content (AvgIpc) is 3.42. The predicted molar refractivity (Wildman–Crippen MR) is 142 cm³/mol. The first-order valence-electron chi connectivity index (χ1n) is 12.5. The number of amides is 1. The van der Waals surface area contributed by atoms with Crippen LogP contribution in [0.5, 0.6) is 0 Å². The molecule has 0 unspecified atom stereocenters. The van der Waals surface area contributed by atoms with Crippen LogP contribution in [0, 0.1) is 11.2 Å². The summed E-state index contributed by atoms with van der Waals surface area (Å²) >= 11 is 0. The first-order chi connectivity index (χ1) is 18.9. The summed E-state index contributed by atoms with van der Waals surface area (Å²) in [6.45, 7) is 2.69. The molecule has 0 saturated carbocycles. The van der Waals surface area contributed by atoms with Crippen molar-refractivity contribution in [2.45, 2.75) is 19.8 Å². The lowest BCUT2D eigenvalue weighted by Crippen LogP contribution is -2.48. The first-order valence-corrected chi connectivity index (χ1v) is 12.5. The van der Waals surface area contributed by atoms with Crippen LogP contribution in [0.2, 0.25) is 0 Å². The zero-order chi connectivity index (χ0) is 27.2. The average molecular weight is 533 g/mol. The van der Waals surface area contributed by atoms with Gasteiger partial charge in [-0.2, -0.15) is 0 Å². The van der Waals surface area contributed by atoms with Crippen molar-refractivity contribution in [3.8, 4) is 22.6 Å². The van der Waals surface area contributed by atoms with Gasteiger partial charge in [0.2, 0.25) is 18.1 Å². The van der Waals surface area contributed by atoms with E-state index in [2.05, 4.69) is 25.6 Å². The lowest BCUT2D eigenvalue weighted by Gasteiger charge is -2.35. The standard InChI is InChI=1S/C28H29FN6O4/c1-28(26(37)32-15-18-5-3-2-4-6-18)16-38-25(39-17-28)24-34-22(19-7-9-20(29)10-8-19)23(35-24)21-11-12-30-27(33-21)31-13-14-36/h2-12,25,36H,13-17H2,1H3,(H,32,37)(H,34,35)(H,30,31,33). The van der Waals surface area contributed by atoms with Crippen LogP contribution in [0.4, 0.5) is 10.3 Å². The van der Waals surface area contributed by atoms with Crippen molar-refractivity contribution in [1.29, 1.82) is 0 Å². The molecule has 1 fully saturated rings. The van der Waals surface area contributed by atoms with E-state index < -0.39 is 11.7 Å². The van der Waals surface area contributed by atoms with Crippen molar-refractivity contribution in [1.82, 2.24) is 25.3 Å². The van der Waals surface area contributed by atoms with Gasteiger partial charge < -0.3 is 30.2 Å². The maximum absolute atomic E-state index is 13.6. The molecule has 1 aliphatic rings. The minimum Gasteiger partial charge on any atom is -0.395 e. The van der Waals surface area contributed by atoms with Gasteiger partial charge >= 0.3 is 0 Å². The van der Waals surface area contributed by atoms with E-state index in [1.807, 2.05) is 30.3 Å². The monoisotopic (exact) mass is 532 g/mol. The number of imidazole rings is 1. The molecule has 0 bridgehead atoms. The Morgan fingerprint density at radius 1 is 1.10 bits per heavy atom. The number of aliphatic hydroxyl groups is 1. The summed E-state index contributed by atoms with van der Waals surface area (Å²) in [5, 5.41) is 15.0. The summed E-state index contributed by atoms with van der Waals surface area (Å²) in [7, 11) is 0. The van der Waals surface area contributed by atoms with Gasteiger partial charge in [-0.25, -0.2) is 19.3 Å². The molecule has 1 aliphatic heterocycles. The third kappa shape index (κ3) is 6.11. The van der Waals surface area contributed by atoms with Crippen LogP contribution >= 0.6 is 0 Å². The smallest absolute Gasteiger partial charge is 0.230 e. The Labute approximate surface area is 224 Å². The van der Waals surface area contributed by atoms with E-state index in [9.17, 15) is 9.18 Å². The minimum absolute atomic E-state index is 0.0673. The summed E-state index contributed by atoms with van der Waals surface area (Å²) in [6.07, 6.45) is 0.742. The molecule has 5 rings (SSSR count). The van der Waals surface area contributed by atoms with Crippen molar-refractivity contribution < 1.29 is 23.8 Å². The molecule has 0 radical (unpaired) electrons. The van der Waals surface area contributed by atoms with Gasteiger partial charge in [0, 0.05) is 24.8 Å². The number of nitrogens with one attached hydrogen (secondary N) is 3. The molecule has 2 aromatic heterocycles. The number of ether oxygens (including phenoxy) is 2. The number of aliphatic hydroxyl groups excluding tert-OH is 1. The van der Waals surface area contributed by atoms with Crippen LogP contribution < -0.4 is 10.6 Å². The number of aromatic amines is 1. The van der Waals surface area contributed by atoms with Crippen molar-refractivity contribution in [3.63, 3.8) is 0 Å². The number of nitrogens with zero attached hydrogens (tertiary/aromatic N) is 3. The minimum atomic E-state index is -0.875. The van der Waals surface area contributed by atoms with Crippen molar-refractivity contribution >= 4 is 11.9 Å². The number of carbonyl (C=O) groups excluding carboxylic acids is 1. The number of hydrogen-bond donors (Lipinski definition) is 4. The number of anilines is 1. The van der Waals surface area contributed by atoms with Crippen molar-refractivity contribution in [2.24, 2.45) is 5.41 Å². The van der Waals surface area contributed by atoms with Gasteiger partial charge in [-0.1, -0.05) is 30.3 Å². The van der Waals surface area contributed by atoms with E-state index in [1.165, 1.54) is 12.1 Å². The largest absolute Gasteiger partial charge is 0.395 e. The number of rotatable bonds is 9. The fourth-order valence-corrected chi connectivity index (χ4v) is 4.15. The quantitative estimate of drug-likeness (QED) is 0.258. The van der Waals surface area contributed by atoms with Crippen LogP contribution in [0.1, 0.15) is 24.6 Å². The van der Waals surface area contributed by atoms with E-state index in [-0.39, 0.29) is 31.5 Å². The van der Waals surface area contributed by atoms with E-state index in [0.29, 0.717) is 47.5 Å². The molecule has 39 heavy (non-hydrogen) atoms. The zero-order valence-electron chi connectivity index (χ0n) is 21.4. The summed E-state index contributed by atoms with van der Waals surface area (Å²) in [6, 6.07) is 17.3. The summed E-state index contributed by atoms with van der Waals surface area (Å²) in [5.41, 5.74) is 2.41. The number of benzene rings is 2. The Kier molecular flexibility index (Phi) is 7.92. The van der Waals surface area contributed by atoms with Crippen molar-refractivity contribution in [2.75, 3.05) is 31.7 Å². The van der Waals surface area contributed by atoms with E-state index >= 15 is 0 Å². The van der Waals surface area contributed by atoms with Gasteiger partial charge in [0.05, 0.1) is 42.3 Å². The lowest BCUT2D eigenvalue weighted by atomic mass is 9.91. The van der Waals surface area contributed by atoms with E-state index in [1.54, 1.807) is 31.3 Å². The number of carbonyl (C=O) groups is 1. The molecule has 4 aromatic rings. The Hall–Kier alpha value is -4.19. The molecule has 1 saturated heterocycles. The molecular formula is C28H29FN6O4. The van der Waals surface area contributed by atoms with Crippen LogP contribution in [-0.4, -0.2) is 57.3 Å². The molecule has 1 amide bonds. The summed E-state index contributed by atoms with van der Waals surface area (Å²) < 4.78 is 25.6. The molecule has 3 heterocycles. The highest BCUT2D eigenvalue weighted by atomic mass is 19.1. The lowest BCUT2D eigenvalue weighted by molar-refractivity contribution is -0.231. The number of aromatic nitrogens is 4. The fraction of sp³-hybridized carbons (Fsp3) is 0.286. The fourth-order valence-electron chi connectivity index (χ4n) is 4.15. The molecule has 202 valence electrons. The molecule has 10 nitrogen and oxygen atoms in total. The van der Waals surface area contributed by atoms with Gasteiger partial charge in [0.15, 0.2) is 5.82 Å². The normalized spacial score (nSPS) is 19.0. The van der Waals surface area contributed by atoms with E-state index in [0.717, 1.165) is 5.56 Å². The van der Waals surface area contributed by atoms with Crippen LogP contribution in [-0.2, 0) is 20.8 Å². The van der Waals surface area contributed by atoms with Crippen molar-refractivity contribution in [3.05, 3.63) is 84.1 Å². The van der Waals surface area contributed by atoms with Crippen LogP contribution in [0.25, 0.3) is 22.6 Å². The molecule has 0 spiro atoms. The molecular weight excluding hydrogens is 503 g/mol. The SMILES string of the molecule is CC1(C(=O)NCc2ccccc2)COC(c2nc(-c3ccc(F)cc3)c(-c3ccnc(NCCO)n3)[nH]2)OC1. The molecule has 0 aliphatic carbocycles.